The molecule has 0 radical (unpaired) electrons. The number of alkyl halides is 3. The lowest BCUT2D eigenvalue weighted by Gasteiger charge is -2.20. The molecular weight excluding hydrogens is 353 g/mol. The Kier molecular flexibility index (Phi) is 5.33. The van der Waals surface area contributed by atoms with Gasteiger partial charge in [0.2, 0.25) is 0 Å². The summed E-state index contributed by atoms with van der Waals surface area (Å²) in [5.41, 5.74) is 0.320. The third-order valence-electron chi connectivity index (χ3n) is 2.97. The first kappa shape index (κ1) is 17.8. The molecule has 23 heavy (non-hydrogen) atoms. The molecule has 0 unspecified atom stereocenters. The smallest absolute Gasteiger partial charge is 0.253 e. The lowest BCUT2D eigenvalue weighted by Crippen LogP contribution is -2.35. The van der Waals surface area contributed by atoms with E-state index in [1.165, 1.54) is 24.3 Å². The molecule has 124 valence electrons. The van der Waals surface area contributed by atoms with Crippen LogP contribution in [0.1, 0.15) is 5.56 Å². The molecular formula is C15H12ClF3O3S. The van der Waals surface area contributed by atoms with E-state index >= 15 is 0 Å². The molecule has 3 nitrogen and oxygen atoms in total. The van der Waals surface area contributed by atoms with Crippen molar-refractivity contribution in [2.45, 2.75) is 23.6 Å². The van der Waals surface area contributed by atoms with Gasteiger partial charge in [0, 0.05) is 11.4 Å². The molecule has 0 spiro atoms. The van der Waals surface area contributed by atoms with Crippen LogP contribution in [0.5, 0.6) is 0 Å². The molecule has 0 heterocycles. The minimum absolute atomic E-state index is 0.264. The standard InChI is InChI=1S/C15H12ClF3O3S/c16-12-6-8-13(9-7-12)23(20,21)22-14(15(17,18)19)10-11-4-2-1-3-5-11/h1-9,14H,10H2/t14-/m0/s1. The van der Waals surface area contributed by atoms with Crippen LogP contribution in [0, 0.1) is 0 Å². The molecule has 2 aromatic rings. The Labute approximate surface area is 136 Å². The van der Waals surface area contributed by atoms with Gasteiger partial charge in [0.15, 0.2) is 6.10 Å². The molecule has 2 rings (SSSR count). The second-order valence-electron chi connectivity index (χ2n) is 4.72. The van der Waals surface area contributed by atoms with E-state index in [1.54, 1.807) is 18.2 Å². The maximum absolute atomic E-state index is 13.1. The molecule has 1 atom stereocenters. The van der Waals surface area contributed by atoms with Crippen molar-refractivity contribution in [1.82, 2.24) is 0 Å². The van der Waals surface area contributed by atoms with Crippen molar-refractivity contribution in [1.29, 1.82) is 0 Å². The summed E-state index contributed by atoms with van der Waals surface area (Å²) in [5.74, 6) is 0. The quantitative estimate of drug-likeness (QED) is 0.746. The zero-order chi connectivity index (χ0) is 17.1. The molecule has 0 fully saturated rings. The van der Waals surface area contributed by atoms with Crippen LogP contribution in [0.2, 0.25) is 5.02 Å². The Bertz CT molecular complexity index is 744. The van der Waals surface area contributed by atoms with E-state index in [0.29, 0.717) is 5.56 Å². The molecule has 0 N–H and O–H groups in total. The SMILES string of the molecule is O=S(=O)(O[C@@H](Cc1ccccc1)C(F)(F)F)c1ccc(Cl)cc1. The monoisotopic (exact) mass is 364 g/mol. The van der Waals surface area contributed by atoms with E-state index in [0.717, 1.165) is 12.1 Å². The van der Waals surface area contributed by atoms with Crippen LogP contribution >= 0.6 is 11.6 Å². The maximum Gasteiger partial charge on any atom is 0.416 e. The van der Waals surface area contributed by atoms with Gasteiger partial charge in [-0.05, 0) is 29.8 Å². The van der Waals surface area contributed by atoms with Crippen molar-refractivity contribution in [3.8, 4) is 0 Å². The Morgan fingerprint density at radius 3 is 2.09 bits per heavy atom. The van der Waals surface area contributed by atoms with Crippen LogP contribution in [-0.2, 0) is 20.7 Å². The molecule has 0 saturated carbocycles. The third kappa shape index (κ3) is 4.95. The van der Waals surface area contributed by atoms with Crippen LogP contribution in [-0.4, -0.2) is 20.7 Å². The second-order valence-corrected chi connectivity index (χ2v) is 6.73. The van der Waals surface area contributed by atoms with E-state index in [1.807, 2.05) is 0 Å². The molecule has 0 aromatic heterocycles. The van der Waals surface area contributed by atoms with Crippen molar-refractivity contribution < 1.29 is 25.8 Å². The van der Waals surface area contributed by atoms with Crippen LogP contribution in [0.15, 0.2) is 59.5 Å². The highest BCUT2D eigenvalue weighted by Crippen LogP contribution is 2.29. The van der Waals surface area contributed by atoms with Gasteiger partial charge in [-0.2, -0.15) is 21.6 Å². The predicted molar refractivity (Wildman–Crippen MR) is 79.7 cm³/mol. The average Bonchev–Trinajstić information content (AvgIpc) is 2.47. The molecule has 0 bridgehead atoms. The first-order valence-electron chi connectivity index (χ1n) is 6.48. The summed E-state index contributed by atoms with van der Waals surface area (Å²) >= 11 is 5.63. The van der Waals surface area contributed by atoms with Gasteiger partial charge in [-0.3, -0.25) is 4.18 Å². The molecule has 0 aliphatic rings. The van der Waals surface area contributed by atoms with Gasteiger partial charge in [0.1, 0.15) is 0 Å². The largest absolute Gasteiger partial charge is 0.416 e. The summed E-state index contributed by atoms with van der Waals surface area (Å²) < 4.78 is 67.8. The summed E-state index contributed by atoms with van der Waals surface area (Å²) in [6.45, 7) is 0. The van der Waals surface area contributed by atoms with Crippen LogP contribution in [0.4, 0.5) is 13.2 Å². The van der Waals surface area contributed by atoms with Crippen molar-refractivity contribution in [3.05, 3.63) is 65.2 Å². The molecule has 2 aromatic carbocycles. The van der Waals surface area contributed by atoms with Crippen LogP contribution in [0.3, 0.4) is 0 Å². The van der Waals surface area contributed by atoms with Gasteiger partial charge in [0.05, 0.1) is 4.90 Å². The Morgan fingerprint density at radius 2 is 1.57 bits per heavy atom. The van der Waals surface area contributed by atoms with E-state index in [4.69, 9.17) is 11.6 Å². The van der Waals surface area contributed by atoms with E-state index < -0.39 is 28.8 Å². The lowest BCUT2D eigenvalue weighted by molar-refractivity contribution is -0.193. The highest BCUT2D eigenvalue weighted by atomic mass is 35.5. The minimum Gasteiger partial charge on any atom is -0.253 e. The Hall–Kier alpha value is -1.57. The normalized spacial score (nSPS) is 13.7. The molecule has 0 saturated heterocycles. The van der Waals surface area contributed by atoms with Gasteiger partial charge < -0.3 is 0 Å². The zero-order valence-corrected chi connectivity index (χ0v) is 13.2. The van der Waals surface area contributed by atoms with Crippen LogP contribution in [0.25, 0.3) is 0 Å². The van der Waals surface area contributed by atoms with Crippen LogP contribution < -0.4 is 0 Å². The summed E-state index contributed by atoms with van der Waals surface area (Å²) in [5, 5.41) is 0.264. The minimum atomic E-state index is -4.82. The molecule has 0 amide bonds. The van der Waals surface area contributed by atoms with E-state index in [-0.39, 0.29) is 9.92 Å². The summed E-state index contributed by atoms with van der Waals surface area (Å²) in [6, 6.07) is 12.4. The highest BCUT2D eigenvalue weighted by Gasteiger charge is 2.44. The number of rotatable bonds is 5. The number of hydrogen-bond acceptors (Lipinski definition) is 3. The van der Waals surface area contributed by atoms with E-state index in [9.17, 15) is 21.6 Å². The highest BCUT2D eigenvalue weighted by molar-refractivity contribution is 7.86. The van der Waals surface area contributed by atoms with Crippen molar-refractivity contribution in [3.63, 3.8) is 0 Å². The molecule has 0 aliphatic heterocycles. The number of halogens is 4. The summed E-state index contributed by atoms with van der Waals surface area (Å²) in [6.07, 6.45) is -7.89. The van der Waals surface area contributed by atoms with Gasteiger partial charge in [-0.25, -0.2) is 0 Å². The molecule has 8 heteroatoms. The topological polar surface area (TPSA) is 43.4 Å². The maximum atomic E-state index is 13.1. The second kappa shape index (κ2) is 6.90. The number of benzene rings is 2. The first-order valence-corrected chi connectivity index (χ1v) is 8.26. The first-order chi connectivity index (χ1) is 10.7. The van der Waals surface area contributed by atoms with Gasteiger partial charge in [0.25, 0.3) is 10.1 Å². The van der Waals surface area contributed by atoms with Gasteiger partial charge >= 0.3 is 6.18 Å². The fraction of sp³-hybridized carbons (Fsp3) is 0.200. The average molecular weight is 365 g/mol. The van der Waals surface area contributed by atoms with Crippen molar-refractivity contribution in [2.24, 2.45) is 0 Å². The molecule has 0 aliphatic carbocycles. The predicted octanol–water partition coefficient (Wildman–Crippen LogP) is 4.22. The summed E-state index contributed by atoms with van der Waals surface area (Å²) in [4.78, 5) is -0.385. The van der Waals surface area contributed by atoms with Crippen molar-refractivity contribution >= 4 is 21.7 Å². The summed E-state index contributed by atoms with van der Waals surface area (Å²) in [7, 11) is -4.56. The fourth-order valence-corrected chi connectivity index (χ4v) is 3.03. The fourth-order valence-electron chi connectivity index (χ4n) is 1.84. The van der Waals surface area contributed by atoms with Gasteiger partial charge in [-0.1, -0.05) is 41.9 Å². The van der Waals surface area contributed by atoms with Gasteiger partial charge in [-0.15, -0.1) is 0 Å². The van der Waals surface area contributed by atoms with Crippen molar-refractivity contribution in [2.75, 3.05) is 0 Å². The Morgan fingerprint density at radius 1 is 1.00 bits per heavy atom. The third-order valence-corrected chi connectivity index (χ3v) is 4.56. The Balaban J connectivity index is 2.25. The number of hydrogen-bond donors (Lipinski definition) is 0. The zero-order valence-electron chi connectivity index (χ0n) is 11.6. The lowest BCUT2D eigenvalue weighted by atomic mass is 10.1. The van der Waals surface area contributed by atoms with E-state index in [2.05, 4.69) is 4.18 Å².